The molecule has 0 spiro atoms. The Morgan fingerprint density at radius 2 is 2.37 bits per heavy atom. The molecule has 0 saturated carbocycles. The van der Waals surface area contributed by atoms with Crippen molar-refractivity contribution in [2.24, 2.45) is 0 Å². The van der Waals surface area contributed by atoms with Gasteiger partial charge in [-0.1, -0.05) is 17.7 Å². The highest BCUT2D eigenvalue weighted by Crippen LogP contribution is 2.37. The summed E-state index contributed by atoms with van der Waals surface area (Å²) in [5, 5.41) is 10.7. The number of amides is 1. The zero-order valence-electron chi connectivity index (χ0n) is 9.60. The van der Waals surface area contributed by atoms with Crippen LogP contribution in [0.1, 0.15) is 9.67 Å². The molecule has 100 valence electrons. The molecule has 4 nitrogen and oxygen atoms in total. The van der Waals surface area contributed by atoms with Crippen molar-refractivity contribution < 1.29 is 19.1 Å². The number of aliphatic hydroxyl groups is 1. The molecule has 7 heteroatoms. The average molecular weight is 302 g/mol. The number of rotatable bonds is 1. The molecule has 2 aromatic rings. The van der Waals surface area contributed by atoms with E-state index in [-0.39, 0.29) is 28.4 Å². The van der Waals surface area contributed by atoms with Crippen LogP contribution >= 0.6 is 22.9 Å². The largest absolute Gasteiger partial charge is 0.389 e. The number of hydroxylamine groups is 2. The van der Waals surface area contributed by atoms with E-state index in [1.807, 2.05) is 0 Å². The van der Waals surface area contributed by atoms with Gasteiger partial charge in [0.15, 0.2) is 0 Å². The van der Waals surface area contributed by atoms with Crippen molar-refractivity contribution in [3.63, 3.8) is 0 Å². The zero-order chi connectivity index (χ0) is 13.6. The van der Waals surface area contributed by atoms with Crippen LogP contribution in [0.15, 0.2) is 18.2 Å². The first kappa shape index (κ1) is 12.8. The first-order valence-electron chi connectivity index (χ1n) is 5.57. The van der Waals surface area contributed by atoms with Gasteiger partial charge in [0.1, 0.15) is 23.4 Å². The maximum Gasteiger partial charge on any atom is 0.289 e. The van der Waals surface area contributed by atoms with E-state index in [0.717, 1.165) is 16.4 Å². The summed E-state index contributed by atoms with van der Waals surface area (Å²) in [5.41, 5.74) is 0. The lowest BCUT2D eigenvalue weighted by molar-refractivity contribution is -0.0776. The molecule has 1 aliphatic rings. The number of nitrogens with zero attached hydrogens (tertiary/aromatic N) is 1. The van der Waals surface area contributed by atoms with Gasteiger partial charge in [-0.15, -0.1) is 11.3 Å². The molecular weight excluding hydrogens is 293 g/mol. The lowest BCUT2D eigenvalue weighted by atomic mass is 10.2. The molecule has 0 unspecified atom stereocenters. The number of hydrogen-bond acceptors (Lipinski definition) is 4. The lowest BCUT2D eigenvalue weighted by Gasteiger charge is -2.12. The second kappa shape index (κ2) is 4.72. The molecule has 1 N–H and O–H groups in total. The standard InChI is InChI=1S/C12H9ClFNO3S/c13-10-9-7(14)2-1-3-8(9)19-11(10)12(17)15-4-6(16)5-18-15/h1-3,6,16H,4-5H2/t6-/m0/s1. The van der Waals surface area contributed by atoms with Gasteiger partial charge >= 0.3 is 0 Å². The minimum Gasteiger partial charge on any atom is -0.389 e. The minimum atomic E-state index is -0.700. The van der Waals surface area contributed by atoms with Crippen molar-refractivity contribution in [3.8, 4) is 0 Å². The van der Waals surface area contributed by atoms with E-state index in [2.05, 4.69) is 0 Å². The van der Waals surface area contributed by atoms with Crippen molar-refractivity contribution in [1.29, 1.82) is 0 Å². The summed E-state index contributed by atoms with van der Waals surface area (Å²) in [7, 11) is 0. The van der Waals surface area contributed by atoms with Crippen LogP contribution < -0.4 is 0 Å². The smallest absolute Gasteiger partial charge is 0.289 e. The van der Waals surface area contributed by atoms with Crippen LogP contribution in [0.4, 0.5) is 4.39 Å². The number of aliphatic hydroxyl groups excluding tert-OH is 1. The van der Waals surface area contributed by atoms with Crippen LogP contribution in [-0.4, -0.2) is 35.3 Å². The van der Waals surface area contributed by atoms with Crippen molar-refractivity contribution in [1.82, 2.24) is 5.06 Å². The summed E-state index contributed by atoms with van der Waals surface area (Å²) < 4.78 is 14.3. The second-order valence-corrected chi connectivity index (χ2v) is 5.60. The fourth-order valence-corrected chi connectivity index (χ4v) is 3.43. The van der Waals surface area contributed by atoms with Gasteiger partial charge in [-0.2, -0.15) is 0 Å². The van der Waals surface area contributed by atoms with Crippen LogP contribution in [0.5, 0.6) is 0 Å². The molecule has 19 heavy (non-hydrogen) atoms. The molecular formula is C12H9ClFNO3S. The molecule has 1 aliphatic heterocycles. The maximum atomic E-state index is 13.7. The summed E-state index contributed by atoms with van der Waals surface area (Å²) in [6.07, 6.45) is -0.700. The molecule has 3 rings (SSSR count). The Morgan fingerprint density at radius 1 is 1.58 bits per heavy atom. The molecule has 1 aromatic heterocycles. The average Bonchev–Trinajstić information content (AvgIpc) is 2.94. The van der Waals surface area contributed by atoms with Gasteiger partial charge in [-0.25, -0.2) is 9.45 Å². The minimum absolute atomic E-state index is 0.0720. The highest BCUT2D eigenvalue weighted by molar-refractivity contribution is 7.21. The number of fused-ring (bicyclic) bond motifs is 1. The zero-order valence-corrected chi connectivity index (χ0v) is 11.2. The van der Waals surface area contributed by atoms with E-state index in [1.54, 1.807) is 12.1 Å². The van der Waals surface area contributed by atoms with Crippen molar-refractivity contribution in [2.75, 3.05) is 13.2 Å². The lowest BCUT2D eigenvalue weighted by Crippen LogP contribution is -2.27. The Kier molecular flexibility index (Phi) is 3.18. The van der Waals surface area contributed by atoms with E-state index in [4.69, 9.17) is 16.4 Å². The number of carbonyl (C=O) groups is 1. The first-order chi connectivity index (χ1) is 9.08. The Labute approximate surface area is 116 Å². The third-order valence-electron chi connectivity index (χ3n) is 2.83. The van der Waals surface area contributed by atoms with E-state index in [9.17, 15) is 14.3 Å². The van der Waals surface area contributed by atoms with E-state index in [1.165, 1.54) is 6.07 Å². The van der Waals surface area contributed by atoms with Crippen molar-refractivity contribution in [3.05, 3.63) is 33.9 Å². The first-order valence-corrected chi connectivity index (χ1v) is 6.76. The summed E-state index contributed by atoms with van der Waals surface area (Å²) >= 11 is 7.19. The summed E-state index contributed by atoms with van der Waals surface area (Å²) in [4.78, 5) is 17.5. The van der Waals surface area contributed by atoms with E-state index < -0.39 is 17.8 Å². The molecule has 2 heterocycles. The third-order valence-corrected chi connectivity index (χ3v) is 4.46. The van der Waals surface area contributed by atoms with Crippen LogP contribution in [-0.2, 0) is 4.84 Å². The van der Waals surface area contributed by atoms with Gasteiger partial charge in [0.05, 0.1) is 11.6 Å². The summed E-state index contributed by atoms with van der Waals surface area (Å²) in [6, 6.07) is 4.56. The summed E-state index contributed by atoms with van der Waals surface area (Å²) in [6.45, 7) is 0.161. The van der Waals surface area contributed by atoms with Gasteiger partial charge in [0, 0.05) is 10.1 Å². The number of benzene rings is 1. The molecule has 0 bridgehead atoms. The molecule has 1 aromatic carbocycles. The van der Waals surface area contributed by atoms with Crippen LogP contribution in [0, 0.1) is 5.82 Å². The topological polar surface area (TPSA) is 49.8 Å². The predicted molar refractivity (Wildman–Crippen MR) is 69.8 cm³/mol. The van der Waals surface area contributed by atoms with Gasteiger partial charge in [0.2, 0.25) is 0 Å². The molecule has 1 amide bonds. The van der Waals surface area contributed by atoms with Gasteiger partial charge < -0.3 is 5.11 Å². The molecule has 0 aliphatic carbocycles. The SMILES string of the molecule is O=C(c1sc2cccc(F)c2c1Cl)N1C[C@H](O)CO1. The normalized spacial score (nSPS) is 19.3. The number of thiophene rings is 1. The number of β-amino-alcohol motifs (C(OH)–C–C–N with tert-alkyl or cyclic N) is 1. The van der Waals surface area contributed by atoms with E-state index >= 15 is 0 Å². The summed E-state index contributed by atoms with van der Waals surface area (Å²) in [5.74, 6) is -0.915. The fraction of sp³-hybridized carbons (Fsp3) is 0.250. The Morgan fingerprint density at radius 3 is 3.00 bits per heavy atom. The fourth-order valence-electron chi connectivity index (χ4n) is 1.94. The van der Waals surface area contributed by atoms with Gasteiger partial charge in [-0.3, -0.25) is 9.63 Å². The molecule has 1 saturated heterocycles. The Hall–Kier alpha value is -1.21. The highest BCUT2D eigenvalue weighted by Gasteiger charge is 2.30. The Bertz CT molecular complexity index is 660. The number of halogens is 2. The maximum absolute atomic E-state index is 13.7. The van der Waals surface area contributed by atoms with Crippen LogP contribution in [0.3, 0.4) is 0 Å². The van der Waals surface area contributed by atoms with Gasteiger partial charge in [0.25, 0.3) is 5.91 Å². The monoisotopic (exact) mass is 301 g/mol. The predicted octanol–water partition coefficient (Wildman–Crippen LogP) is 2.44. The molecule has 1 fully saturated rings. The van der Waals surface area contributed by atoms with Crippen molar-refractivity contribution in [2.45, 2.75) is 6.10 Å². The number of hydrogen-bond donors (Lipinski definition) is 1. The Balaban J connectivity index is 2.03. The quantitative estimate of drug-likeness (QED) is 0.880. The molecule has 0 radical (unpaired) electrons. The third kappa shape index (κ3) is 2.10. The molecule has 1 atom stereocenters. The second-order valence-electron chi connectivity index (χ2n) is 4.17. The highest BCUT2D eigenvalue weighted by atomic mass is 35.5. The van der Waals surface area contributed by atoms with E-state index in [0.29, 0.717) is 4.70 Å². The van der Waals surface area contributed by atoms with Gasteiger partial charge in [-0.05, 0) is 12.1 Å². The van der Waals surface area contributed by atoms with Crippen LogP contribution in [0.25, 0.3) is 10.1 Å². The van der Waals surface area contributed by atoms with Crippen LogP contribution in [0.2, 0.25) is 5.02 Å². The number of carbonyl (C=O) groups excluding carboxylic acids is 1. The van der Waals surface area contributed by atoms with Crippen molar-refractivity contribution >= 4 is 38.9 Å².